The molecule has 2 N–H and O–H groups in total. The zero-order valence-electron chi connectivity index (χ0n) is 18.5. The van der Waals surface area contributed by atoms with E-state index in [0.29, 0.717) is 18.4 Å². The van der Waals surface area contributed by atoms with E-state index < -0.39 is 58.4 Å². The molecule has 4 aliphatic rings. The number of hydrogen-bond acceptors (Lipinski definition) is 6. The Morgan fingerprint density at radius 3 is 2.61 bits per heavy atom. The molecule has 8 unspecified atom stereocenters. The quantitative estimate of drug-likeness (QED) is 0.523. The van der Waals surface area contributed by atoms with Crippen molar-refractivity contribution in [2.24, 2.45) is 28.6 Å². The topological polar surface area (TPSA) is 101 Å². The number of aliphatic hydroxyl groups is 2. The minimum absolute atomic E-state index is 0.0826. The second-order valence-electron chi connectivity index (χ2n) is 10.4. The summed E-state index contributed by atoms with van der Waals surface area (Å²) in [4.78, 5) is 36.2. The van der Waals surface area contributed by atoms with E-state index in [2.05, 4.69) is 0 Å². The normalized spacial score (nSPS) is 48.4. The highest BCUT2D eigenvalue weighted by molar-refractivity contribution is 5.94. The molecule has 0 amide bonds. The summed E-state index contributed by atoms with van der Waals surface area (Å²) in [7, 11) is 0. The van der Waals surface area contributed by atoms with Crippen molar-refractivity contribution in [3.05, 3.63) is 23.8 Å². The zero-order chi connectivity index (χ0) is 23.0. The van der Waals surface area contributed by atoms with Crippen LogP contribution in [-0.4, -0.2) is 51.7 Å². The predicted molar refractivity (Wildman–Crippen MR) is 109 cm³/mol. The molecule has 170 valence electrons. The van der Waals surface area contributed by atoms with Gasteiger partial charge in [0.05, 0.1) is 6.10 Å². The Morgan fingerprint density at radius 1 is 1.29 bits per heavy atom. The number of carbonyl (C=O) groups is 3. The van der Waals surface area contributed by atoms with E-state index in [9.17, 15) is 24.6 Å². The molecule has 0 saturated heterocycles. The van der Waals surface area contributed by atoms with Gasteiger partial charge >= 0.3 is 5.97 Å². The minimum atomic E-state index is -2.01. The Balaban J connectivity index is 1.77. The first kappa shape index (κ1) is 22.3. The molecule has 0 bridgehead atoms. The van der Waals surface area contributed by atoms with Gasteiger partial charge in [-0.1, -0.05) is 31.6 Å². The summed E-state index contributed by atoms with van der Waals surface area (Å²) in [5, 5.41) is 22.9. The summed E-state index contributed by atoms with van der Waals surface area (Å²) in [5.41, 5.74) is -5.34. The maximum Gasteiger partial charge on any atom is 0.303 e. The monoisotopic (exact) mass is 434 g/mol. The Hall–Kier alpha value is -1.86. The van der Waals surface area contributed by atoms with E-state index in [1.165, 1.54) is 13.0 Å². The number of hydrogen-bond donors (Lipinski definition) is 2. The summed E-state index contributed by atoms with van der Waals surface area (Å²) < 4.78 is 21.9. The first-order valence-corrected chi connectivity index (χ1v) is 11.0. The molecule has 0 aromatic carbocycles. The van der Waals surface area contributed by atoms with Crippen molar-refractivity contribution >= 4 is 17.5 Å². The Labute approximate surface area is 181 Å². The number of ketones is 2. The van der Waals surface area contributed by atoms with Gasteiger partial charge in [0.15, 0.2) is 18.1 Å². The van der Waals surface area contributed by atoms with Gasteiger partial charge in [0.1, 0.15) is 5.60 Å². The van der Waals surface area contributed by atoms with Gasteiger partial charge in [0, 0.05) is 30.1 Å². The first-order chi connectivity index (χ1) is 14.3. The van der Waals surface area contributed by atoms with Gasteiger partial charge in [-0.25, -0.2) is 4.39 Å². The van der Waals surface area contributed by atoms with Crippen LogP contribution in [0.15, 0.2) is 23.8 Å². The minimum Gasteiger partial charge on any atom is -0.458 e. The van der Waals surface area contributed by atoms with Crippen LogP contribution >= 0.6 is 0 Å². The van der Waals surface area contributed by atoms with E-state index in [0.717, 1.165) is 0 Å². The first-order valence-electron chi connectivity index (χ1n) is 11.0. The number of esters is 1. The molecule has 2 saturated carbocycles. The summed E-state index contributed by atoms with van der Waals surface area (Å²) in [5.74, 6) is -2.77. The van der Waals surface area contributed by atoms with E-state index in [1.54, 1.807) is 26.8 Å². The van der Waals surface area contributed by atoms with Crippen molar-refractivity contribution in [1.82, 2.24) is 0 Å². The summed E-state index contributed by atoms with van der Waals surface area (Å²) in [6.07, 6.45) is 4.26. The number of rotatable bonds is 3. The number of carbonyl (C=O) groups excluding carboxylic acids is 3. The SMILES string of the molecule is CC(=O)OCC(=O)C1(O)C(C)CC2C3CC=C4CC(=O)C=CC4(C)C3(F)C(O)CC21C. The number of halogens is 1. The maximum absolute atomic E-state index is 17.0. The number of alkyl halides is 1. The lowest BCUT2D eigenvalue weighted by Crippen LogP contribution is -2.69. The second kappa shape index (κ2) is 6.82. The highest BCUT2D eigenvalue weighted by atomic mass is 19.1. The van der Waals surface area contributed by atoms with Crippen molar-refractivity contribution in [2.75, 3.05) is 6.61 Å². The third-order valence-electron chi connectivity index (χ3n) is 9.02. The number of allylic oxidation sites excluding steroid dienone is 4. The third-order valence-corrected chi connectivity index (χ3v) is 9.02. The van der Waals surface area contributed by atoms with E-state index in [-0.39, 0.29) is 24.5 Å². The van der Waals surface area contributed by atoms with Gasteiger partial charge < -0.3 is 14.9 Å². The van der Waals surface area contributed by atoms with Gasteiger partial charge in [0.25, 0.3) is 0 Å². The molecule has 0 aliphatic heterocycles. The number of aliphatic hydroxyl groups excluding tert-OH is 1. The highest BCUT2D eigenvalue weighted by Gasteiger charge is 2.75. The Morgan fingerprint density at radius 2 is 1.97 bits per heavy atom. The van der Waals surface area contributed by atoms with Crippen molar-refractivity contribution in [2.45, 2.75) is 70.8 Å². The smallest absolute Gasteiger partial charge is 0.303 e. The van der Waals surface area contributed by atoms with E-state index in [1.807, 2.05) is 6.08 Å². The molecule has 0 radical (unpaired) electrons. The van der Waals surface area contributed by atoms with Gasteiger partial charge in [-0.15, -0.1) is 0 Å². The van der Waals surface area contributed by atoms with Gasteiger partial charge in [-0.05, 0) is 44.1 Å². The average molecular weight is 435 g/mol. The van der Waals surface area contributed by atoms with Crippen LogP contribution in [0.25, 0.3) is 0 Å². The van der Waals surface area contributed by atoms with Crippen molar-refractivity contribution < 1.29 is 33.7 Å². The molecule has 0 aromatic heterocycles. The van der Waals surface area contributed by atoms with E-state index >= 15 is 4.39 Å². The molecule has 0 heterocycles. The van der Waals surface area contributed by atoms with E-state index in [4.69, 9.17) is 4.74 Å². The van der Waals surface area contributed by atoms with Crippen LogP contribution in [0.1, 0.15) is 53.4 Å². The Kier molecular flexibility index (Phi) is 4.91. The summed E-state index contributed by atoms with van der Waals surface area (Å²) in [6.45, 7) is 5.88. The number of fused-ring (bicyclic) bond motifs is 5. The lowest BCUT2D eigenvalue weighted by Gasteiger charge is -2.62. The Bertz CT molecular complexity index is 910. The fourth-order valence-electron chi connectivity index (χ4n) is 7.32. The molecule has 0 aromatic rings. The molecule has 2 fully saturated rings. The van der Waals surface area contributed by atoms with Gasteiger partial charge in [0.2, 0.25) is 5.78 Å². The highest BCUT2D eigenvalue weighted by Crippen LogP contribution is 2.70. The summed E-state index contributed by atoms with van der Waals surface area (Å²) in [6, 6.07) is 0. The molecule has 6 nitrogen and oxygen atoms in total. The molecule has 7 heteroatoms. The molecule has 4 aliphatic carbocycles. The number of ether oxygens (including phenoxy) is 1. The molecule has 8 atom stereocenters. The number of Topliss-reactive ketones (excluding diaryl/α,β-unsaturated/α-hetero) is 1. The molecule has 31 heavy (non-hydrogen) atoms. The average Bonchev–Trinajstić information content (AvgIpc) is 2.89. The zero-order valence-corrected chi connectivity index (χ0v) is 18.5. The van der Waals surface area contributed by atoms with Crippen LogP contribution in [0.4, 0.5) is 4.39 Å². The van der Waals surface area contributed by atoms with Crippen molar-refractivity contribution in [3.63, 3.8) is 0 Å². The lowest BCUT2D eigenvalue weighted by molar-refractivity contribution is -0.215. The maximum atomic E-state index is 17.0. The molecular weight excluding hydrogens is 403 g/mol. The van der Waals surface area contributed by atoms with Crippen LogP contribution < -0.4 is 0 Å². The lowest BCUT2D eigenvalue weighted by atomic mass is 9.45. The second-order valence-corrected chi connectivity index (χ2v) is 10.4. The largest absolute Gasteiger partial charge is 0.458 e. The van der Waals surface area contributed by atoms with Crippen LogP contribution in [0.3, 0.4) is 0 Å². The fraction of sp³-hybridized carbons (Fsp3) is 0.708. The van der Waals surface area contributed by atoms with Crippen LogP contribution in [0.5, 0.6) is 0 Å². The van der Waals surface area contributed by atoms with Crippen LogP contribution in [0.2, 0.25) is 0 Å². The fourth-order valence-corrected chi connectivity index (χ4v) is 7.32. The predicted octanol–water partition coefficient (Wildman–Crippen LogP) is 2.47. The standard InChI is InChI=1S/C24H31FO6/c1-13-9-18-17-6-5-15-10-16(27)7-8-21(15,3)23(17,25)19(28)11-22(18,4)24(13,30)20(29)12-31-14(2)26/h5,7-8,13,17-19,28,30H,6,9-12H2,1-4H3. The van der Waals surface area contributed by atoms with Crippen molar-refractivity contribution in [3.8, 4) is 0 Å². The summed E-state index contributed by atoms with van der Waals surface area (Å²) >= 11 is 0. The van der Waals surface area contributed by atoms with Gasteiger partial charge in [-0.2, -0.15) is 0 Å². The molecule has 4 rings (SSSR count). The molecular formula is C24H31FO6. The van der Waals surface area contributed by atoms with Crippen LogP contribution in [-0.2, 0) is 19.1 Å². The van der Waals surface area contributed by atoms with Gasteiger partial charge in [-0.3, -0.25) is 14.4 Å². The van der Waals surface area contributed by atoms with Crippen molar-refractivity contribution in [1.29, 1.82) is 0 Å². The van der Waals surface area contributed by atoms with Crippen LogP contribution in [0, 0.1) is 28.6 Å². The third kappa shape index (κ3) is 2.65. The molecule has 0 spiro atoms.